The van der Waals surface area contributed by atoms with Gasteiger partial charge in [-0.3, -0.25) is 4.79 Å². The highest BCUT2D eigenvalue weighted by atomic mass is 16.6. The number of carbonyl (C=O) groups excluding carboxylic acids is 2. The number of carbonyl (C=O) groups is 2. The van der Waals surface area contributed by atoms with E-state index in [0.29, 0.717) is 37.4 Å². The van der Waals surface area contributed by atoms with Crippen molar-refractivity contribution in [2.75, 3.05) is 37.4 Å². The number of hydrogen-bond acceptors (Lipinski definition) is 7. The molecule has 3 heterocycles. The molecule has 1 aliphatic carbocycles. The third-order valence-electron chi connectivity index (χ3n) is 6.94. The number of nitrogens with one attached hydrogen (secondary N) is 2. The smallest absolute Gasteiger partial charge is 0.410 e. The molecule has 0 spiro atoms. The number of aryl methyl sites for hydroxylation is 2. The minimum atomic E-state index is -1.00. The summed E-state index contributed by atoms with van der Waals surface area (Å²) in [6, 6.07) is 6.74. The lowest BCUT2D eigenvalue weighted by molar-refractivity contribution is -0.121. The summed E-state index contributed by atoms with van der Waals surface area (Å²) in [5.74, 6) is 1.03. The van der Waals surface area contributed by atoms with E-state index in [-0.39, 0.29) is 5.91 Å². The van der Waals surface area contributed by atoms with Gasteiger partial charge in [-0.15, -0.1) is 0 Å². The van der Waals surface area contributed by atoms with Gasteiger partial charge in [0.15, 0.2) is 0 Å². The molecule has 4 N–H and O–H groups in total. The first-order valence-electron chi connectivity index (χ1n) is 12.0. The van der Waals surface area contributed by atoms with Gasteiger partial charge in [0.2, 0.25) is 5.91 Å². The van der Waals surface area contributed by atoms with Gasteiger partial charge in [0.25, 0.3) is 0 Å². The number of anilines is 2. The fourth-order valence-corrected chi connectivity index (χ4v) is 4.88. The molecule has 1 fully saturated rings. The minimum Gasteiger partial charge on any atom is -0.410 e. The number of benzene rings is 1. The molecule has 0 unspecified atom stereocenters. The Balaban J connectivity index is 1.27. The van der Waals surface area contributed by atoms with Crippen LogP contribution in [0.4, 0.5) is 16.3 Å². The van der Waals surface area contributed by atoms with Crippen molar-refractivity contribution in [1.82, 2.24) is 19.9 Å². The highest BCUT2D eigenvalue weighted by molar-refractivity contribution is 5.98. The first-order valence-corrected chi connectivity index (χ1v) is 12.0. The second-order valence-electron chi connectivity index (χ2n) is 9.60. The Labute approximate surface area is 203 Å². The number of aromatic nitrogens is 3. The van der Waals surface area contributed by atoms with Crippen LogP contribution in [0.1, 0.15) is 36.9 Å². The van der Waals surface area contributed by atoms with Gasteiger partial charge in [-0.05, 0) is 56.2 Å². The average molecular weight is 478 g/mol. The highest BCUT2D eigenvalue weighted by Crippen LogP contribution is 2.35. The molecule has 0 atom stereocenters. The van der Waals surface area contributed by atoms with Crippen LogP contribution in [0.2, 0.25) is 0 Å². The molecule has 2 amide bonds. The van der Waals surface area contributed by atoms with Gasteiger partial charge < -0.3 is 30.6 Å². The normalized spacial score (nSPS) is 17.1. The molecule has 10 nitrogen and oxygen atoms in total. The number of nitrogens with zero attached hydrogens (tertiary/aromatic N) is 4. The second kappa shape index (κ2) is 9.18. The van der Waals surface area contributed by atoms with Crippen molar-refractivity contribution in [3.05, 3.63) is 41.9 Å². The summed E-state index contributed by atoms with van der Waals surface area (Å²) in [4.78, 5) is 41.1. The number of nitrogens with two attached hydrogens (primary N) is 1. The zero-order valence-corrected chi connectivity index (χ0v) is 20.1. The fourth-order valence-electron chi connectivity index (χ4n) is 4.88. The molecule has 2 aromatic heterocycles. The molecular formula is C25H31N7O3. The van der Waals surface area contributed by atoms with E-state index < -0.39 is 11.6 Å². The fraction of sp³-hybridized carbons (Fsp3) is 0.440. The molecule has 0 bridgehead atoms. The molecule has 1 aliphatic heterocycles. The summed E-state index contributed by atoms with van der Waals surface area (Å²) in [6.07, 6.45) is 6.56. The molecular weight excluding hydrogens is 446 g/mol. The van der Waals surface area contributed by atoms with Crippen LogP contribution in [-0.4, -0.2) is 64.6 Å². The number of rotatable bonds is 4. The third kappa shape index (κ3) is 4.53. The zero-order chi connectivity index (χ0) is 24.6. The van der Waals surface area contributed by atoms with E-state index in [1.54, 1.807) is 44.7 Å². The molecule has 35 heavy (non-hydrogen) atoms. The van der Waals surface area contributed by atoms with Crippen LogP contribution in [0.25, 0.3) is 11.0 Å². The Morgan fingerprint density at radius 2 is 1.94 bits per heavy atom. The van der Waals surface area contributed by atoms with Gasteiger partial charge in [0.05, 0.1) is 10.9 Å². The number of H-pyrrole nitrogens is 1. The van der Waals surface area contributed by atoms with Crippen LogP contribution in [0.3, 0.4) is 0 Å². The van der Waals surface area contributed by atoms with E-state index in [1.165, 1.54) is 29.0 Å². The monoisotopic (exact) mass is 477 g/mol. The molecule has 0 saturated carbocycles. The van der Waals surface area contributed by atoms with E-state index in [1.807, 2.05) is 0 Å². The SMILES string of the molecule is CN(C)C(=O)Oc1cccc(NC(=O)C2(N)CCN(c3ncnc4[nH]c5c(c34)CCCC5)CC2)c1. The van der Waals surface area contributed by atoms with Crippen LogP contribution in [0.5, 0.6) is 5.75 Å². The van der Waals surface area contributed by atoms with Gasteiger partial charge in [0.1, 0.15) is 23.5 Å². The van der Waals surface area contributed by atoms with Gasteiger partial charge >= 0.3 is 6.09 Å². The van der Waals surface area contributed by atoms with Gasteiger partial charge in [0, 0.05) is 44.6 Å². The Morgan fingerprint density at radius 3 is 2.71 bits per heavy atom. The van der Waals surface area contributed by atoms with Crippen molar-refractivity contribution in [1.29, 1.82) is 0 Å². The molecule has 1 aromatic carbocycles. The van der Waals surface area contributed by atoms with E-state index in [9.17, 15) is 9.59 Å². The summed E-state index contributed by atoms with van der Waals surface area (Å²) in [7, 11) is 3.21. The molecule has 3 aromatic rings. The molecule has 10 heteroatoms. The molecule has 5 rings (SSSR count). The van der Waals surface area contributed by atoms with Gasteiger partial charge in [-0.1, -0.05) is 6.07 Å². The van der Waals surface area contributed by atoms with Gasteiger partial charge in [-0.25, -0.2) is 14.8 Å². The molecule has 2 aliphatic rings. The standard InChI is InChI=1S/C25H31N7O3/c1-31(2)24(34)35-17-7-5-6-16(14-17)29-23(33)25(26)10-12-32(13-11-25)22-20-18-8-3-4-9-19(18)30-21(20)27-15-28-22/h5-7,14-15H,3-4,8-13,26H2,1-2H3,(H,29,33)(H,27,28,30). The van der Waals surface area contributed by atoms with E-state index >= 15 is 0 Å². The van der Waals surface area contributed by atoms with E-state index in [2.05, 4.69) is 25.2 Å². The Morgan fingerprint density at radius 1 is 1.17 bits per heavy atom. The van der Waals surface area contributed by atoms with Gasteiger partial charge in [-0.2, -0.15) is 0 Å². The van der Waals surface area contributed by atoms with Crippen LogP contribution < -0.4 is 20.7 Å². The maximum atomic E-state index is 13.1. The minimum absolute atomic E-state index is 0.250. The van der Waals surface area contributed by atoms with Crippen LogP contribution in [-0.2, 0) is 17.6 Å². The van der Waals surface area contributed by atoms with Crippen LogP contribution in [0.15, 0.2) is 30.6 Å². The molecule has 0 radical (unpaired) electrons. The number of hydrogen-bond donors (Lipinski definition) is 3. The summed E-state index contributed by atoms with van der Waals surface area (Å²) in [6.45, 7) is 1.24. The summed E-state index contributed by atoms with van der Waals surface area (Å²) >= 11 is 0. The lowest BCUT2D eigenvalue weighted by Crippen LogP contribution is -2.58. The zero-order valence-electron chi connectivity index (χ0n) is 20.1. The first-order chi connectivity index (χ1) is 16.8. The number of piperidine rings is 1. The maximum absolute atomic E-state index is 13.1. The Kier molecular flexibility index (Phi) is 6.06. The Hall–Kier alpha value is -3.66. The quantitative estimate of drug-likeness (QED) is 0.527. The number of amides is 2. The average Bonchev–Trinajstić information content (AvgIpc) is 3.23. The van der Waals surface area contributed by atoms with Crippen LogP contribution >= 0.6 is 0 Å². The van der Waals surface area contributed by atoms with E-state index in [4.69, 9.17) is 10.5 Å². The largest absolute Gasteiger partial charge is 0.414 e. The number of ether oxygens (including phenoxy) is 1. The summed E-state index contributed by atoms with van der Waals surface area (Å²) in [5, 5.41) is 4.01. The maximum Gasteiger partial charge on any atom is 0.414 e. The van der Waals surface area contributed by atoms with Crippen molar-refractivity contribution in [3.63, 3.8) is 0 Å². The predicted molar refractivity (Wildman–Crippen MR) is 134 cm³/mol. The lowest BCUT2D eigenvalue weighted by atomic mass is 9.87. The molecule has 1 saturated heterocycles. The topological polar surface area (TPSA) is 129 Å². The van der Waals surface area contributed by atoms with Crippen LogP contribution in [0, 0.1) is 0 Å². The van der Waals surface area contributed by atoms with Crippen molar-refractivity contribution in [2.24, 2.45) is 5.73 Å². The highest BCUT2D eigenvalue weighted by Gasteiger charge is 2.38. The van der Waals surface area contributed by atoms with E-state index in [0.717, 1.165) is 29.7 Å². The second-order valence-corrected chi connectivity index (χ2v) is 9.60. The first kappa shape index (κ1) is 23.1. The number of aromatic amines is 1. The Bertz CT molecular complexity index is 1260. The van der Waals surface area contributed by atoms with Crippen molar-refractivity contribution >= 4 is 34.5 Å². The van der Waals surface area contributed by atoms with Crippen molar-refractivity contribution in [3.8, 4) is 5.75 Å². The number of fused-ring (bicyclic) bond motifs is 3. The summed E-state index contributed by atoms with van der Waals surface area (Å²) in [5.41, 5.74) is 9.60. The van der Waals surface area contributed by atoms with Crippen molar-refractivity contribution < 1.29 is 14.3 Å². The summed E-state index contributed by atoms with van der Waals surface area (Å²) < 4.78 is 5.28. The van der Waals surface area contributed by atoms with Crippen molar-refractivity contribution in [2.45, 2.75) is 44.1 Å². The lowest BCUT2D eigenvalue weighted by Gasteiger charge is -2.38. The molecule has 184 valence electrons. The predicted octanol–water partition coefficient (Wildman–Crippen LogP) is 2.83. The third-order valence-corrected chi connectivity index (χ3v) is 6.94.